The lowest BCUT2D eigenvalue weighted by Gasteiger charge is -2.14. The first-order chi connectivity index (χ1) is 10.0. The van der Waals surface area contributed by atoms with E-state index in [0.29, 0.717) is 30.5 Å². The van der Waals surface area contributed by atoms with Crippen molar-refractivity contribution in [2.75, 3.05) is 13.7 Å². The molecule has 0 saturated heterocycles. The van der Waals surface area contributed by atoms with Gasteiger partial charge in [-0.15, -0.1) is 0 Å². The van der Waals surface area contributed by atoms with E-state index in [4.69, 9.17) is 4.74 Å². The zero-order valence-electron chi connectivity index (χ0n) is 12.6. The molecular formula is C15H24N2O3S. The van der Waals surface area contributed by atoms with Gasteiger partial charge in [0, 0.05) is 32.3 Å². The summed E-state index contributed by atoms with van der Waals surface area (Å²) in [6, 6.07) is 7.56. The summed E-state index contributed by atoms with van der Waals surface area (Å²) in [5.74, 6) is 0. The lowest BCUT2D eigenvalue weighted by atomic mass is 10.2. The van der Waals surface area contributed by atoms with Crippen LogP contribution in [0.2, 0.25) is 0 Å². The normalized spacial score (nSPS) is 16.9. The van der Waals surface area contributed by atoms with Crippen LogP contribution in [-0.2, 0) is 21.3 Å². The highest BCUT2D eigenvalue weighted by Gasteiger charge is 2.21. The molecule has 2 N–H and O–H groups in total. The number of hydrogen-bond acceptors (Lipinski definition) is 4. The average molecular weight is 312 g/mol. The van der Waals surface area contributed by atoms with Crippen molar-refractivity contribution >= 4 is 10.0 Å². The van der Waals surface area contributed by atoms with Gasteiger partial charge in [0.25, 0.3) is 0 Å². The third kappa shape index (κ3) is 5.39. The van der Waals surface area contributed by atoms with E-state index in [1.807, 2.05) is 13.0 Å². The number of benzene rings is 1. The Labute approximate surface area is 127 Å². The minimum Gasteiger partial charge on any atom is -0.385 e. The van der Waals surface area contributed by atoms with Gasteiger partial charge in [-0.25, -0.2) is 13.1 Å². The van der Waals surface area contributed by atoms with E-state index in [-0.39, 0.29) is 6.04 Å². The van der Waals surface area contributed by atoms with Crippen molar-refractivity contribution in [1.29, 1.82) is 0 Å². The summed E-state index contributed by atoms with van der Waals surface area (Å²) in [5.41, 5.74) is 0.995. The predicted octanol–water partition coefficient (Wildman–Crippen LogP) is 1.64. The fourth-order valence-electron chi connectivity index (χ4n) is 2.06. The smallest absolute Gasteiger partial charge is 0.240 e. The van der Waals surface area contributed by atoms with Crippen LogP contribution >= 0.6 is 0 Å². The van der Waals surface area contributed by atoms with Gasteiger partial charge in [0.15, 0.2) is 0 Å². The maximum absolute atomic E-state index is 12.3. The Morgan fingerprint density at radius 3 is 2.81 bits per heavy atom. The van der Waals surface area contributed by atoms with E-state index in [9.17, 15) is 8.42 Å². The molecule has 0 bridgehead atoms. The van der Waals surface area contributed by atoms with Crippen LogP contribution in [0.4, 0.5) is 0 Å². The highest BCUT2D eigenvalue weighted by molar-refractivity contribution is 7.89. The van der Waals surface area contributed by atoms with Crippen LogP contribution in [-0.4, -0.2) is 34.2 Å². The molecule has 0 amide bonds. The lowest BCUT2D eigenvalue weighted by Crippen LogP contribution is -2.33. The SMILES string of the molecule is COCCC(C)NS(=O)(=O)c1cccc(CNC2CC2)c1. The Bertz CT molecular complexity index is 556. The van der Waals surface area contributed by atoms with Crippen molar-refractivity contribution in [2.45, 2.75) is 49.7 Å². The largest absolute Gasteiger partial charge is 0.385 e. The molecular weight excluding hydrogens is 288 g/mol. The van der Waals surface area contributed by atoms with Gasteiger partial charge in [0.05, 0.1) is 4.90 Å². The zero-order valence-corrected chi connectivity index (χ0v) is 13.4. The monoisotopic (exact) mass is 312 g/mol. The average Bonchev–Trinajstić information content (AvgIpc) is 3.27. The van der Waals surface area contributed by atoms with Gasteiger partial charge >= 0.3 is 0 Å². The summed E-state index contributed by atoms with van der Waals surface area (Å²) in [7, 11) is -1.86. The molecule has 1 atom stereocenters. The highest BCUT2D eigenvalue weighted by atomic mass is 32.2. The van der Waals surface area contributed by atoms with Gasteiger partial charge in [-0.3, -0.25) is 0 Å². The van der Waals surface area contributed by atoms with Crippen LogP contribution in [0.5, 0.6) is 0 Å². The number of rotatable bonds is 9. The molecule has 0 heterocycles. The first kappa shape index (κ1) is 16.4. The van der Waals surface area contributed by atoms with Crippen LogP contribution in [0.1, 0.15) is 31.7 Å². The molecule has 1 aliphatic rings. The summed E-state index contributed by atoms with van der Waals surface area (Å²) in [5, 5.41) is 3.39. The van der Waals surface area contributed by atoms with Gasteiger partial charge in [0.2, 0.25) is 10.0 Å². The molecule has 1 saturated carbocycles. The van der Waals surface area contributed by atoms with Gasteiger partial charge < -0.3 is 10.1 Å². The number of hydrogen-bond donors (Lipinski definition) is 2. The summed E-state index contributed by atoms with van der Waals surface area (Å²) in [4.78, 5) is 0.321. The summed E-state index contributed by atoms with van der Waals surface area (Å²) in [6.45, 7) is 3.09. The Morgan fingerprint density at radius 1 is 1.38 bits per heavy atom. The van der Waals surface area contributed by atoms with E-state index < -0.39 is 10.0 Å². The molecule has 0 aliphatic heterocycles. The van der Waals surface area contributed by atoms with Crippen molar-refractivity contribution < 1.29 is 13.2 Å². The maximum atomic E-state index is 12.3. The van der Waals surface area contributed by atoms with Crippen molar-refractivity contribution in [2.24, 2.45) is 0 Å². The van der Waals surface area contributed by atoms with Gasteiger partial charge in [0.1, 0.15) is 0 Å². The fourth-order valence-corrected chi connectivity index (χ4v) is 3.41. The first-order valence-corrected chi connectivity index (χ1v) is 8.83. The van der Waals surface area contributed by atoms with Crippen LogP contribution in [0.3, 0.4) is 0 Å². The Morgan fingerprint density at radius 2 is 2.14 bits per heavy atom. The second-order valence-electron chi connectivity index (χ2n) is 5.61. The highest BCUT2D eigenvalue weighted by Crippen LogP contribution is 2.20. The Hall–Kier alpha value is -0.950. The van der Waals surface area contributed by atoms with Crippen LogP contribution in [0.25, 0.3) is 0 Å². The summed E-state index contributed by atoms with van der Waals surface area (Å²) >= 11 is 0. The van der Waals surface area contributed by atoms with Crippen molar-refractivity contribution in [3.05, 3.63) is 29.8 Å². The molecule has 21 heavy (non-hydrogen) atoms. The first-order valence-electron chi connectivity index (χ1n) is 7.35. The lowest BCUT2D eigenvalue weighted by molar-refractivity contribution is 0.188. The van der Waals surface area contributed by atoms with Crippen molar-refractivity contribution in [1.82, 2.24) is 10.0 Å². The molecule has 1 aromatic rings. The Balaban J connectivity index is 1.99. The fraction of sp³-hybridized carbons (Fsp3) is 0.600. The third-order valence-electron chi connectivity index (χ3n) is 3.49. The molecule has 2 rings (SSSR count). The Kier molecular flexibility index (Phi) is 5.75. The van der Waals surface area contributed by atoms with Crippen molar-refractivity contribution in [3.8, 4) is 0 Å². The predicted molar refractivity (Wildman–Crippen MR) is 82.6 cm³/mol. The summed E-state index contributed by atoms with van der Waals surface area (Å²) < 4.78 is 32.3. The zero-order chi connectivity index (χ0) is 15.3. The minimum absolute atomic E-state index is 0.150. The molecule has 1 aromatic carbocycles. The molecule has 0 spiro atoms. The minimum atomic E-state index is -3.47. The number of ether oxygens (including phenoxy) is 1. The van der Waals surface area contributed by atoms with Gasteiger partial charge in [-0.05, 0) is 43.9 Å². The van der Waals surface area contributed by atoms with E-state index >= 15 is 0 Å². The standard InChI is InChI=1S/C15H24N2O3S/c1-12(8-9-20-2)17-21(18,19)15-5-3-4-13(10-15)11-16-14-6-7-14/h3-5,10,12,14,16-17H,6-9,11H2,1-2H3. The second-order valence-corrected chi connectivity index (χ2v) is 7.32. The van der Waals surface area contributed by atoms with Crippen molar-refractivity contribution in [3.63, 3.8) is 0 Å². The molecule has 0 aromatic heterocycles. The second kappa shape index (κ2) is 7.35. The van der Waals surface area contributed by atoms with E-state index in [0.717, 1.165) is 5.56 Å². The third-order valence-corrected chi connectivity index (χ3v) is 5.08. The topological polar surface area (TPSA) is 67.4 Å². The van der Waals surface area contributed by atoms with E-state index in [1.54, 1.807) is 25.3 Å². The van der Waals surface area contributed by atoms with Gasteiger partial charge in [-0.2, -0.15) is 0 Å². The van der Waals surface area contributed by atoms with Crippen LogP contribution in [0.15, 0.2) is 29.2 Å². The molecule has 1 unspecified atom stereocenters. The molecule has 5 nitrogen and oxygen atoms in total. The molecule has 6 heteroatoms. The molecule has 0 radical (unpaired) electrons. The van der Waals surface area contributed by atoms with Crippen LogP contribution < -0.4 is 10.0 Å². The maximum Gasteiger partial charge on any atom is 0.240 e. The van der Waals surface area contributed by atoms with E-state index in [2.05, 4.69) is 10.0 Å². The molecule has 1 fully saturated rings. The quantitative estimate of drug-likeness (QED) is 0.727. The van der Waals surface area contributed by atoms with Crippen LogP contribution in [0, 0.1) is 0 Å². The number of sulfonamides is 1. The molecule has 1 aliphatic carbocycles. The number of methoxy groups -OCH3 is 1. The van der Waals surface area contributed by atoms with E-state index in [1.165, 1.54) is 12.8 Å². The molecule has 118 valence electrons. The van der Waals surface area contributed by atoms with Gasteiger partial charge in [-0.1, -0.05) is 12.1 Å². The number of nitrogens with one attached hydrogen (secondary N) is 2. The summed E-state index contributed by atoms with van der Waals surface area (Å²) in [6.07, 6.45) is 3.09.